The Hall–Kier alpha value is -0.370. The molecule has 2 nitrogen and oxygen atoms in total. The molecule has 0 aromatic carbocycles. The molecular formula is C9H16O2. The van der Waals surface area contributed by atoms with E-state index in [-0.39, 0.29) is 11.5 Å². The first-order valence-corrected chi connectivity index (χ1v) is 4.21. The molecule has 0 amide bonds. The second-order valence-electron chi connectivity index (χ2n) is 3.65. The minimum Gasteiger partial charge on any atom is -0.379 e. The van der Waals surface area contributed by atoms with E-state index in [1.807, 2.05) is 0 Å². The normalized spacial score (nSPS) is 38.5. The molecular weight excluding hydrogens is 140 g/mol. The Morgan fingerprint density at radius 1 is 1.64 bits per heavy atom. The molecule has 0 aliphatic heterocycles. The minimum atomic E-state index is -0.0379. The van der Waals surface area contributed by atoms with E-state index in [2.05, 4.69) is 6.92 Å². The Morgan fingerprint density at radius 3 is 2.91 bits per heavy atom. The Balaban J connectivity index is 2.51. The van der Waals surface area contributed by atoms with Crippen molar-refractivity contribution in [2.24, 2.45) is 5.92 Å². The van der Waals surface area contributed by atoms with Crippen LogP contribution in [0.5, 0.6) is 0 Å². The zero-order valence-electron chi connectivity index (χ0n) is 7.30. The van der Waals surface area contributed by atoms with E-state index >= 15 is 0 Å². The molecule has 64 valence electrons. The maximum absolute atomic E-state index is 10.5. The second-order valence-corrected chi connectivity index (χ2v) is 3.65. The summed E-state index contributed by atoms with van der Waals surface area (Å²) < 4.78 is 5.35. The summed E-state index contributed by atoms with van der Waals surface area (Å²) in [5.41, 5.74) is -0.0379. The van der Waals surface area contributed by atoms with E-state index in [4.69, 9.17) is 4.74 Å². The molecule has 11 heavy (non-hydrogen) atoms. The van der Waals surface area contributed by atoms with Crippen LogP contribution in [0.25, 0.3) is 0 Å². The number of aldehydes is 1. The third-order valence-electron chi connectivity index (χ3n) is 2.66. The summed E-state index contributed by atoms with van der Waals surface area (Å²) in [7, 11) is 1.73. The van der Waals surface area contributed by atoms with Crippen LogP contribution < -0.4 is 0 Å². The van der Waals surface area contributed by atoms with Crippen molar-refractivity contribution in [2.45, 2.75) is 38.2 Å². The molecule has 1 saturated carbocycles. The van der Waals surface area contributed by atoms with Crippen LogP contribution in [-0.4, -0.2) is 19.0 Å². The number of hydrogen-bond donors (Lipinski definition) is 0. The van der Waals surface area contributed by atoms with Gasteiger partial charge >= 0.3 is 0 Å². The topological polar surface area (TPSA) is 26.3 Å². The van der Waals surface area contributed by atoms with Crippen LogP contribution in [0.3, 0.4) is 0 Å². The minimum absolute atomic E-state index is 0.0379. The maximum Gasteiger partial charge on any atom is 0.123 e. The van der Waals surface area contributed by atoms with E-state index in [0.29, 0.717) is 0 Å². The van der Waals surface area contributed by atoms with Crippen LogP contribution in [0.1, 0.15) is 32.6 Å². The quantitative estimate of drug-likeness (QED) is 0.570. The van der Waals surface area contributed by atoms with Crippen LogP contribution in [-0.2, 0) is 9.53 Å². The van der Waals surface area contributed by atoms with Crippen LogP contribution in [0.15, 0.2) is 0 Å². The Morgan fingerprint density at radius 2 is 2.36 bits per heavy atom. The van der Waals surface area contributed by atoms with Gasteiger partial charge in [-0.3, -0.25) is 0 Å². The van der Waals surface area contributed by atoms with Gasteiger partial charge in [0.05, 0.1) is 5.60 Å². The van der Waals surface area contributed by atoms with Gasteiger partial charge in [-0.2, -0.15) is 0 Å². The first-order valence-electron chi connectivity index (χ1n) is 4.21. The van der Waals surface area contributed by atoms with Crippen LogP contribution in [0, 0.1) is 5.92 Å². The van der Waals surface area contributed by atoms with E-state index in [1.54, 1.807) is 7.11 Å². The maximum atomic E-state index is 10.5. The SMILES string of the molecule is COC1(C)CCCC(C=O)C1. The van der Waals surface area contributed by atoms with Crippen LogP contribution in [0.2, 0.25) is 0 Å². The van der Waals surface area contributed by atoms with Crippen molar-refractivity contribution in [1.29, 1.82) is 0 Å². The van der Waals surface area contributed by atoms with Gasteiger partial charge in [0.25, 0.3) is 0 Å². The molecule has 1 aliphatic rings. The molecule has 2 atom stereocenters. The van der Waals surface area contributed by atoms with E-state index < -0.39 is 0 Å². The summed E-state index contributed by atoms with van der Waals surface area (Å²) in [4.78, 5) is 10.5. The van der Waals surface area contributed by atoms with Gasteiger partial charge in [-0.15, -0.1) is 0 Å². The fourth-order valence-corrected chi connectivity index (χ4v) is 1.80. The van der Waals surface area contributed by atoms with Gasteiger partial charge in [0, 0.05) is 13.0 Å². The first kappa shape index (κ1) is 8.72. The van der Waals surface area contributed by atoms with Crippen molar-refractivity contribution in [3.8, 4) is 0 Å². The van der Waals surface area contributed by atoms with Gasteiger partial charge in [0.15, 0.2) is 0 Å². The third kappa shape index (κ3) is 2.03. The molecule has 0 radical (unpaired) electrons. The fraction of sp³-hybridized carbons (Fsp3) is 0.889. The Labute approximate surface area is 67.9 Å². The van der Waals surface area contributed by atoms with E-state index in [1.165, 1.54) is 0 Å². The van der Waals surface area contributed by atoms with Crippen LogP contribution in [0.4, 0.5) is 0 Å². The predicted molar refractivity (Wildman–Crippen MR) is 43.4 cm³/mol. The number of hydrogen-bond acceptors (Lipinski definition) is 2. The van der Waals surface area contributed by atoms with Crippen molar-refractivity contribution in [2.75, 3.05) is 7.11 Å². The van der Waals surface area contributed by atoms with Crippen molar-refractivity contribution in [3.63, 3.8) is 0 Å². The van der Waals surface area contributed by atoms with Crippen LogP contribution >= 0.6 is 0 Å². The lowest BCUT2D eigenvalue weighted by atomic mass is 9.80. The van der Waals surface area contributed by atoms with Gasteiger partial charge in [0.2, 0.25) is 0 Å². The molecule has 0 spiro atoms. The number of carbonyl (C=O) groups is 1. The average Bonchev–Trinajstić information content (AvgIpc) is 2.05. The highest BCUT2D eigenvalue weighted by Gasteiger charge is 2.31. The van der Waals surface area contributed by atoms with Crippen molar-refractivity contribution in [1.82, 2.24) is 0 Å². The summed E-state index contributed by atoms with van der Waals surface area (Å²) in [6.07, 6.45) is 5.22. The zero-order valence-corrected chi connectivity index (χ0v) is 7.30. The zero-order chi connectivity index (χ0) is 8.32. The predicted octanol–water partition coefficient (Wildman–Crippen LogP) is 1.78. The summed E-state index contributed by atoms with van der Waals surface area (Å²) in [6, 6.07) is 0. The van der Waals surface area contributed by atoms with Crippen molar-refractivity contribution < 1.29 is 9.53 Å². The van der Waals surface area contributed by atoms with E-state index in [0.717, 1.165) is 32.0 Å². The molecule has 0 N–H and O–H groups in total. The third-order valence-corrected chi connectivity index (χ3v) is 2.66. The first-order chi connectivity index (χ1) is 5.20. The lowest BCUT2D eigenvalue weighted by Crippen LogP contribution is -2.34. The second kappa shape index (κ2) is 3.35. The Bertz CT molecular complexity index is 144. The molecule has 0 saturated heterocycles. The van der Waals surface area contributed by atoms with Crippen molar-refractivity contribution in [3.05, 3.63) is 0 Å². The molecule has 1 rings (SSSR count). The summed E-state index contributed by atoms with van der Waals surface area (Å²) in [5.74, 6) is 0.230. The lowest BCUT2D eigenvalue weighted by molar-refractivity contribution is -0.116. The monoisotopic (exact) mass is 156 g/mol. The van der Waals surface area contributed by atoms with Crippen molar-refractivity contribution >= 4 is 6.29 Å². The lowest BCUT2D eigenvalue weighted by Gasteiger charge is -2.34. The highest BCUT2D eigenvalue weighted by atomic mass is 16.5. The summed E-state index contributed by atoms with van der Waals surface area (Å²) in [5, 5.41) is 0. The average molecular weight is 156 g/mol. The number of carbonyl (C=O) groups excluding carboxylic acids is 1. The highest BCUT2D eigenvalue weighted by Crippen LogP contribution is 2.33. The van der Waals surface area contributed by atoms with Gasteiger partial charge < -0.3 is 9.53 Å². The molecule has 1 fully saturated rings. The number of ether oxygens (including phenoxy) is 1. The molecule has 2 heteroatoms. The standard InChI is InChI=1S/C9H16O2/c1-9(11-2)5-3-4-8(6-9)7-10/h7-8H,3-6H2,1-2H3. The fourth-order valence-electron chi connectivity index (χ4n) is 1.80. The Kier molecular flexibility index (Phi) is 2.66. The molecule has 0 aromatic heterocycles. The van der Waals surface area contributed by atoms with Gasteiger partial charge in [-0.25, -0.2) is 0 Å². The van der Waals surface area contributed by atoms with Gasteiger partial charge in [-0.1, -0.05) is 0 Å². The van der Waals surface area contributed by atoms with Gasteiger partial charge in [0.1, 0.15) is 6.29 Å². The molecule has 0 heterocycles. The number of rotatable bonds is 2. The summed E-state index contributed by atoms with van der Waals surface area (Å²) in [6.45, 7) is 2.09. The van der Waals surface area contributed by atoms with E-state index in [9.17, 15) is 4.79 Å². The molecule has 2 unspecified atom stereocenters. The highest BCUT2D eigenvalue weighted by molar-refractivity contribution is 5.53. The smallest absolute Gasteiger partial charge is 0.123 e. The molecule has 1 aliphatic carbocycles. The largest absolute Gasteiger partial charge is 0.379 e. The number of methoxy groups -OCH3 is 1. The van der Waals surface area contributed by atoms with Gasteiger partial charge in [-0.05, 0) is 32.6 Å². The molecule has 0 bridgehead atoms. The molecule has 0 aromatic rings. The summed E-state index contributed by atoms with van der Waals surface area (Å²) >= 11 is 0.